The van der Waals surface area contributed by atoms with Crippen molar-refractivity contribution in [3.05, 3.63) is 82.9 Å². The van der Waals surface area contributed by atoms with Crippen LogP contribution in [0.25, 0.3) is 0 Å². The van der Waals surface area contributed by atoms with Crippen LogP contribution in [0.5, 0.6) is 11.5 Å². The number of carbonyl (C=O) groups excluding carboxylic acids is 2. The van der Waals surface area contributed by atoms with Crippen LogP contribution in [0.4, 0.5) is 5.69 Å². The van der Waals surface area contributed by atoms with Gasteiger partial charge in [-0.05, 0) is 82.0 Å². The molecule has 43 heavy (non-hydrogen) atoms. The molecule has 10 heteroatoms. The Kier molecular flexibility index (Phi) is 11.2. The number of benzene rings is 3. The topological polar surface area (TPSA) is 105 Å². The number of hydrogen-bond donors (Lipinski definition) is 1. The highest BCUT2D eigenvalue weighted by Crippen LogP contribution is 2.33. The number of amides is 2. The van der Waals surface area contributed by atoms with E-state index in [0.717, 1.165) is 26.6 Å². The van der Waals surface area contributed by atoms with E-state index >= 15 is 0 Å². The molecular weight excluding hydrogens is 566 g/mol. The Morgan fingerprint density at radius 3 is 1.98 bits per heavy atom. The molecule has 3 aromatic rings. The minimum absolute atomic E-state index is 0.0632. The zero-order chi connectivity index (χ0) is 31.9. The number of sulfonamides is 1. The predicted octanol–water partition coefficient (Wildman–Crippen LogP) is 5.16. The first kappa shape index (κ1) is 33.5. The number of ether oxygens (including phenoxy) is 2. The summed E-state index contributed by atoms with van der Waals surface area (Å²) in [5.74, 6) is -0.178. The summed E-state index contributed by atoms with van der Waals surface area (Å²) in [6.45, 7) is 10.9. The molecule has 0 heterocycles. The van der Waals surface area contributed by atoms with Gasteiger partial charge in [-0.25, -0.2) is 8.42 Å². The van der Waals surface area contributed by atoms with Crippen molar-refractivity contribution in [1.29, 1.82) is 0 Å². The highest BCUT2D eigenvalue weighted by Gasteiger charge is 2.34. The fourth-order valence-electron chi connectivity index (χ4n) is 4.92. The number of rotatable bonds is 13. The number of nitrogens with zero attached hydrogens (tertiary/aromatic N) is 2. The monoisotopic (exact) mass is 609 g/mol. The van der Waals surface area contributed by atoms with Gasteiger partial charge >= 0.3 is 0 Å². The van der Waals surface area contributed by atoms with Crippen molar-refractivity contribution in [2.75, 3.05) is 25.1 Å². The van der Waals surface area contributed by atoms with Crippen molar-refractivity contribution >= 4 is 27.5 Å². The van der Waals surface area contributed by atoms with Crippen molar-refractivity contribution in [2.45, 2.75) is 71.5 Å². The second-order valence-electron chi connectivity index (χ2n) is 11.0. The average Bonchev–Trinajstić information content (AvgIpc) is 2.95. The van der Waals surface area contributed by atoms with Crippen LogP contribution in [-0.2, 0) is 26.2 Å². The number of carbonyl (C=O) groups is 2. The van der Waals surface area contributed by atoms with Crippen LogP contribution in [0.15, 0.2) is 65.6 Å². The van der Waals surface area contributed by atoms with E-state index in [0.29, 0.717) is 17.9 Å². The first-order valence-corrected chi connectivity index (χ1v) is 15.7. The molecule has 2 amide bonds. The molecule has 9 nitrogen and oxygen atoms in total. The zero-order valence-corrected chi connectivity index (χ0v) is 27.1. The fourth-order valence-corrected chi connectivity index (χ4v) is 6.33. The number of methoxy groups -OCH3 is 2. The SMILES string of the molecule is CC[C@H](C(=O)NC(C)C)N(Cc1ccc(C)cc1)C(=O)CN(c1cc(C)cc(C)c1)S(=O)(=O)c1ccc(OC)c(OC)c1. The van der Waals surface area contributed by atoms with E-state index in [4.69, 9.17) is 9.47 Å². The molecule has 0 unspecified atom stereocenters. The van der Waals surface area contributed by atoms with Gasteiger partial charge in [0, 0.05) is 18.7 Å². The van der Waals surface area contributed by atoms with Gasteiger partial charge in [0.1, 0.15) is 12.6 Å². The summed E-state index contributed by atoms with van der Waals surface area (Å²) in [7, 11) is -1.38. The molecule has 0 spiro atoms. The van der Waals surface area contributed by atoms with E-state index in [-0.39, 0.29) is 29.1 Å². The number of hydrogen-bond acceptors (Lipinski definition) is 6. The van der Waals surface area contributed by atoms with Crippen molar-refractivity contribution in [3.8, 4) is 11.5 Å². The van der Waals surface area contributed by atoms with Crippen molar-refractivity contribution in [2.24, 2.45) is 0 Å². The summed E-state index contributed by atoms with van der Waals surface area (Å²) in [5, 5.41) is 2.91. The minimum Gasteiger partial charge on any atom is -0.493 e. The van der Waals surface area contributed by atoms with Gasteiger partial charge in [-0.1, -0.05) is 42.8 Å². The van der Waals surface area contributed by atoms with E-state index in [2.05, 4.69) is 5.32 Å². The molecule has 0 aliphatic rings. The van der Waals surface area contributed by atoms with Crippen LogP contribution >= 0.6 is 0 Å². The molecule has 1 N–H and O–H groups in total. The third kappa shape index (κ3) is 8.28. The van der Waals surface area contributed by atoms with Crippen molar-refractivity contribution in [1.82, 2.24) is 10.2 Å². The predicted molar refractivity (Wildman–Crippen MR) is 169 cm³/mol. The van der Waals surface area contributed by atoms with E-state index in [9.17, 15) is 18.0 Å². The Morgan fingerprint density at radius 1 is 0.837 bits per heavy atom. The fraction of sp³-hybridized carbons (Fsp3) is 0.394. The average molecular weight is 610 g/mol. The van der Waals surface area contributed by atoms with Gasteiger partial charge in [-0.15, -0.1) is 0 Å². The van der Waals surface area contributed by atoms with Crippen molar-refractivity contribution < 1.29 is 27.5 Å². The number of aryl methyl sites for hydroxylation is 3. The lowest BCUT2D eigenvalue weighted by molar-refractivity contribution is -0.140. The van der Waals surface area contributed by atoms with Crippen LogP contribution in [0.2, 0.25) is 0 Å². The Hall–Kier alpha value is -4.05. The summed E-state index contributed by atoms with van der Waals surface area (Å²) in [4.78, 5) is 29.0. The molecule has 232 valence electrons. The zero-order valence-electron chi connectivity index (χ0n) is 26.3. The largest absolute Gasteiger partial charge is 0.493 e. The quantitative estimate of drug-likeness (QED) is 0.287. The van der Waals surface area contributed by atoms with Crippen LogP contribution in [0.3, 0.4) is 0 Å². The lowest BCUT2D eigenvalue weighted by atomic mass is 10.1. The molecule has 0 fully saturated rings. The maximum Gasteiger partial charge on any atom is 0.264 e. The van der Waals surface area contributed by atoms with Gasteiger partial charge in [0.2, 0.25) is 11.8 Å². The molecular formula is C33H43N3O6S. The molecule has 1 atom stereocenters. The Labute approximate surface area is 255 Å². The summed E-state index contributed by atoms with van der Waals surface area (Å²) < 4.78 is 40.3. The lowest BCUT2D eigenvalue weighted by Crippen LogP contribution is -2.53. The van der Waals surface area contributed by atoms with E-state index in [1.54, 1.807) is 12.1 Å². The summed E-state index contributed by atoms with van der Waals surface area (Å²) >= 11 is 0. The second kappa shape index (κ2) is 14.4. The molecule has 3 aromatic carbocycles. The van der Waals surface area contributed by atoms with Gasteiger partial charge in [0.25, 0.3) is 10.0 Å². The maximum absolute atomic E-state index is 14.3. The van der Waals surface area contributed by atoms with Gasteiger partial charge in [-0.2, -0.15) is 0 Å². The van der Waals surface area contributed by atoms with Crippen LogP contribution in [0, 0.1) is 20.8 Å². The van der Waals surface area contributed by atoms with Gasteiger partial charge in [0.05, 0.1) is 24.8 Å². The molecule has 0 aromatic heterocycles. The van der Waals surface area contributed by atoms with Crippen LogP contribution in [0.1, 0.15) is 49.4 Å². The molecule has 0 bridgehead atoms. The van der Waals surface area contributed by atoms with Gasteiger partial charge in [0.15, 0.2) is 11.5 Å². The van der Waals surface area contributed by atoms with Crippen LogP contribution < -0.4 is 19.1 Å². The first-order chi connectivity index (χ1) is 20.3. The molecule has 0 aliphatic heterocycles. The summed E-state index contributed by atoms with van der Waals surface area (Å²) in [6, 6.07) is 16.5. The van der Waals surface area contributed by atoms with E-state index < -0.39 is 28.5 Å². The molecule has 0 aliphatic carbocycles. The highest BCUT2D eigenvalue weighted by molar-refractivity contribution is 7.92. The maximum atomic E-state index is 14.3. The van der Waals surface area contributed by atoms with Gasteiger partial charge < -0.3 is 19.7 Å². The molecule has 0 saturated carbocycles. The lowest BCUT2D eigenvalue weighted by Gasteiger charge is -2.33. The first-order valence-electron chi connectivity index (χ1n) is 14.3. The molecule has 0 saturated heterocycles. The van der Waals surface area contributed by atoms with Crippen molar-refractivity contribution in [3.63, 3.8) is 0 Å². The highest BCUT2D eigenvalue weighted by atomic mass is 32.2. The molecule has 3 rings (SSSR count). The normalized spacial score (nSPS) is 12.0. The number of nitrogens with one attached hydrogen (secondary N) is 1. The Balaban J connectivity index is 2.13. The second-order valence-corrected chi connectivity index (χ2v) is 12.8. The third-order valence-corrected chi connectivity index (χ3v) is 8.78. The summed E-state index contributed by atoms with van der Waals surface area (Å²) in [5.41, 5.74) is 3.92. The van der Waals surface area contributed by atoms with Crippen LogP contribution in [-0.4, -0.2) is 58.0 Å². The Morgan fingerprint density at radius 2 is 1.44 bits per heavy atom. The third-order valence-electron chi connectivity index (χ3n) is 7.01. The van der Waals surface area contributed by atoms with Gasteiger partial charge in [-0.3, -0.25) is 13.9 Å². The smallest absolute Gasteiger partial charge is 0.264 e. The van der Waals surface area contributed by atoms with E-state index in [1.807, 2.05) is 71.9 Å². The standard InChI is InChI=1S/C33H43N3O6S/c1-9-29(33(38)34-22(2)3)35(20-26-12-10-23(4)11-13-26)32(37)21-36(27-17-24(5)16-25(6)18-27)43(39,40)28-14-15-30(41-7)31(19-28)42-8/h10-19,22,29H,9,20-21H2,1-8H3,(H,34,38)/t29-/m1/s1. The molecule has 0 radical (unpaired) electrons. The minimum atomic E-state index is -4.27. The summed E-state index contributed by atoms with van der Waals surface area (Å²) in [6.07, 6.45) is 0.349. The van der Waals surface area contributed by atoms with E-state index in [1.165, 1.54) is 37.3 Å². The number of anilines is 1. The Bertz CT molecular complexity index is 1520.